The Bertz CT molecular complexity index is 873. The Hall–Kier alpha value is -1.79. The monoisotopic (exact) mass is 372 g/mol. The average Bonchev–Trinajstić information content (AvgIpc) is 2.79. The smallest absolute Gasteiger partial charge is 0.276 e. The van der Waals surface area contributed by atoms with Gasteiger partial charge in [0.15, 0.2) is 5.78 Å². The zero-order chi connectivity index (χ0) is 17.4. The van der Waals surface area contributed by atoms with Crippen LogP contribution in [0, 0.1) is 5.82 Å². The number of benzene rings is 1. The fraction of sp³-hybridized carbons (Fsp3) is 0.375. The summed E-state index contributed by atoms with van der Waals surface area (Å²) >= 11 is 12.3. The summed E-state index contributed by atoms with van der Waals surface area (Å²) in [4.78, 5) is 23.7. The minimum Gasteiger partial charge on any atom is -0.484 e. The lowest BCUT2D eigenvalue weighted by atomic mass is 10.1. The maximum Gasteiger partial charge on any atom is 0.276 e. The first kappa shape index (κ1) is 17.0. The second kappa shape index (κ2) is 6.61. The van der Waals surface area contributed by atoms with Crippen LogP contribution in [0.5, 0.6) is 5.75 Å². The van der Waals surface area contributed by atoms with E-state index >= 15 is 0 Å². The number of carbonyl (C=O) groups is 1. The standard InChI is InChI=1S/C16H15Cl2FN2O3/c1-9(22)8-24-13-6-10(12(19)7-11(13)17)14-15(18)20-4-2-3-5-21(20)16(14)23/h6-7H,2-5,8H2,1H3. The van der Waals surface area contributed by atoms with Crippen molar-refractivity contribution >= 4 is 29.0 Å². The lowest BCUT2D eigenvalue weighted by Crippen LogP contribution is -2.27. The average molecular weight is 373 g/mol. The molecule has 0 fully saturated rings. The summed E-state index contributed by atoms with van der Waals surface area (Å²) in [5, 5.41) is 0.219. The molecule has 2 heterocycles. The number of fused-ring (bicyclic) bond motifs is 1. The third-order valence-electron chi connectivity index (χ3n) is 3.88. The highest BCUT2D eigenvalue weighted by Crippen LogP contribution is 2.35. The summed E-state index contributed by atoms with van der Waals surface area (Å²) in [6.07, 6.45) is 1.78. The molecule has 0 saturated carbocycles. The highest BCUT2D eigenvalue weighted by atomic mass is 35.5. The molecule has 0 N–H and O–H groups in total. The number of ketones is 1. The zero-order valence-electron chi connectivity index (χ0n) is 12.9. The van der Waals surface area contributed by atoms with Gasteiger partial charge >= 0.3 is 0 Å². The summed E-state index contributed by atoms with van der Waals surface area (Å²) < 4.78 is 22.9. The molecule has 128 valence electrons. The Morgan fingerprint density at radius 3 is 2.54 bits per heavy atom. The van der Waals surface area contributed by atoms with Crippen LogP contribution in [-0.2, 0) is 17.9 Å². The third kappa shape index (κ3) is 2.96. The quantitative estimate of drug-likeness (QED) is 0.824. The molecule has 2 aromatic rings. The van der Waals surface area contributed by atoms with Crippen LogP contribution in [-0.4, -0.2) is 21.8 Å². The summed E-state index contributed by atoms with van der Waals surface area (Å²) in [5.74, 6) is -0.736. The number of halogens is 3. The van der Waals surface area contributed by atoms with E-state index in [1.165, 1.54) is 17.7 Å². The van der Waals surface area contributed by atoms with Gasteiger partial charge < -0.3 is 4.74 Å². The van der Waals surface area contributed by atoms with Crippen molar-refractivity contribution < 1.29 is 13.9 Å². The molecule has 0 aliphatic carbocycles. The van der Waals surface area contributed by atoms with Crippen molar-refractivity contribution in [1.29, 1.82) is 0 Å². The molecule has 5 nitrogen and oxygen atoms in total. The zero-order valence-corrected chi connectivity index (χ0v) is 14.5. The minimum absolute atomic E-state index is 0.0161. The number of nitrogens with zero attached hydrogens (tertiary/aromatic N) is 2. The maximum atomic E-state index is 14.4. The molecular formula is C16H15Cl2FN2O3. The van der Waals surface area contributed by atoms with Crippen LogP contribution in [0.25, 0.3) is 11.1 Å². The molecule has 0 saturated heterocycles. The first-order chi connectivity index (χ1) is 11.4. The summed E-state index contributed by atoms with van der Waals surface area (Å²) in [6.45, 7) is 2.33. The van der Waals surface area contributed by atoms with Gasteiger partial charge in [0.1, 0.15) is 23.3 Å². The number of rotatable bonds is 4. The summed E-state index contributed by atoms with van der Waals surface area (Å²) in [5.41, 5.74) is -0.249. The van der Waals surface area contributed by atoms with Gasteiger partial charge in [-0.2, -0.15) is 0 Å². The van der Waals surface area contributed by atoms with Crippen molar-refractivity contribution in [3.63, 3.8) is 0 Å². The van der Waals surface area contributed by atoms with Crippen LogP contribution in [0.1, 0.15) is 19.8 Å². The van der Waals surface area contributed by atoms with E-state index in [-0.39, 0.29) is 45.0 Å². The first-order valence-corrected chi connectivity index (χ1v) is 8.26. The second-order valence-corrected chi connectivity index (χ2v) is 6.44. The number of ether oxygens (including phenoxy) is 1. The second-order valence-electron chi connectivity index (χ2n) is 5.68. The number of aromatic nitrogens is 2. The lowest BCUT2D eigenvalue weighted by Gasteiger charge is -2.17. The van der Waals surface area contributed by atoms with Crippen molar-refractivity contribution in [3.8, 4) is 16.9 Å². The summed E-state index contributed by atoms with van der Waals surface area (Å²) in [6, 6.07) is 2.37. The molecule has 8 heteroatoms. The highest BCUT2D eigenvalue weighted by molar-refractivity contribution is 6.33. The topological polar surface area (TPSA) is 53.2 Å². The highest BCUT2D eigenvalue weighted by Gasteiger charge is 2.25. The molecule has 1 aromatic heterocycles. The van der Waals surface area contributed by atoms with Crippen molar-refractivity contribution in [3.05, 3.63) is 38.5 Å². The van der Waals surface area contributed by atoms with E-state index in [0.717, 1.165) is 18.9 Å². The number of hydrogen-bond acceptors (Lipinski definition) is 3. The molecule has 0 unspecified atom stereocenters. The van der Waals surface area contributed by atoms with E-state index < -0.39 is 5.82 Å². The van der Waals surface area contributed by atoms with E-state index in [4.69, 9.17) is 27.9 Å². The fourth-order valence-electron chi connectivity index (χ4n) is 2.76. The molecule has 1 aliphatic rings. The molecule has 0 bridgehead atoms. The van der Waals surface area contributed by atoms with Crippen LogP contribution in [0.3, 0.4) is 0 Å². The van der Waals surface area contributed by atoms with Crippen LogP contribution in [0.15, 0.2) is 16.9 Å². The Kier molecular flexibility index (Phi) is 4.69. The number of carbonyl (C=O) groups excluding carboxylic acids is 1. The molecule has 1 aliphatic heterocycles. The Morgan fingerprint density at radius 1 is 1.25 bits per heavy atom. The van der Waals surface area contributed by atoms with Crippen LogP contribution < -0.4 is 10.3 Å². The number of hydrogen-bond donors (Lipinski definition) is 0. The molecule has 0 atom stereocenters. The predicted molar refractivity (Wildman–Crippen MR) is 89.5 cm³/mol. The fourth-order valence-corrected chi connectivity index (χ4v) is 3.33. The van der Waals surface area contributed by atoms with Crippen LogP contribution >= 0.6 is 23.2 Å². The van der Waals surface area contributed by atoms with E-state index in [2.05, 4.69) is 0 Å². The van der Waals surface area contributed by atoms with Gasteiger partial charge in [0, 0.05) is 18.7 Å². The molecule has 1 aromatic carbocycles. The van der Waals surface area contributed by atoms with Gasteiger partial charge in [-0.1, -0.05) is 23.2 Å². The Labute approximate surface area is 147 Å². The van der Waals surface area contributed by atoms with Gasteiger partial charge in [-0.15, -0.1) is 0 Å². The van der Waals surface area contributed by atoms with Gasteiger partial charge in [0.25, 0.3) is 5.56 Å². The van der Waals surface area contributed by atoms with Gasteiger partial charge in [-0.05, 0) is 31.9 Å². The molecule has 0 spiro atoms. The van der Waals surface area contributed by atoms with Crippen molar-refractivity contribution in [1.82, 2.24) is 9.36 Å². The SMILES string of the molecule is CC(=O)COc1cc(-c2c(Cl)n3n(c2=O)CCCC3)c(F)cc1Cl. The molecule has 24 heavy (non-hydrogen) atoms. The van der Waals surface area contributed by atoms with Gasteiger partial charge in [-0.25, -0.2) is 9.07 Å². The minimum atomic E-state index is -0.669. The van der Waals surface area contributed by atoms with Crippen molar-refractivity contribution in [2.24, 2.45) is 0 Å². The maximum absolute atomic E-state index is 14.4. The third-order valence-corrected chi connectivity index (χ3v) is 4.56. The molecular weight excluding hydrogens is 358 g/mol. The Morgan fingerprint density at radius 2 is 1.92 bits per heavy atom. The van der Waals surface area contributed by atoms with Gasteiger partial charge in [-0.3, -0.25) is 14.3 Å². The van der Waals surface area contributed by atoms with Gasteiger partial charge in [0.2, 0.25) is 0 Å². The van der Waals surface area contributed by atoms with Gasteiger partial charge in [0.05, 0.1) is 10.6 Å². The summed E-state index contributed by atoms with van der Waals surface area (Å²) in [7, 11) is 0. The normalized spacial score (nSPS) is 13.7. The number of Topliss-reactive ketones (excluding diaryl/α,β-unsaturated/α-hetero) is 1. The predicted octanol–water partition coefficient (Wildman–Crippen LogP) is 3.52. The first-order valence-electron chi connectivity index (χ1n) is 7.51. The van der Waals surface area contributed by atoms with Crippen molar-refractivity contribution in [2.45, 2.75) is 32.9 Å². The van der Waals surface area contributed by atoms with E-state index in [9.17, 15) is 14.0 Å². The van der Waals surface area contributed by atoms with E-state index in [1.54, 1.807) is 4.68 Å². The van der Waals surface area contributed by atoms with Crippen molar-refractivity contribution in [2.75, 3.05) is 6.61 Å². The van der Waals surface area contributed by atoms with Crippen LogP contribution in [0.2, 0.25) is 10.2 Å². The molecule has 3 rings (SSSR count). The van der Waals surface area contributed by atoms with E-state index in [0.29, 0.717) is 13.1 Å². The molecule has 0 amide bonds. The molecule has 0 radical (unpaired) electrons. The Balaban J connectivity index is 2.13. The van der Waals surface area contributed by atoms with Crippen LogP contribution in [0.4, 0.5) is 4.39 Å². The largest absolute Gasteiger partial charge is 0.484 e. The van der Waals surface area contributed by atoms with E-state index in [1.807, 2.05) is 0 Å². The lowest BCUT2D eigenvalue weighted by molar-refractivity contribution is -0.118.